The quantitative estimate of drug-likeness (QED) is 0.635. The minimum absolute atomic E-state index is 0.00890. The van der Waals surface area contributed by atoms with Crippen LogP contribution < -0.4 is 21.3 Å². The summed E-state index contributed by atoms with van der Waals surface area (Å²) in [6.45, 7) is 2.67. The number of piperidine rings is 1. The van der Waals surface area contributed by atoms with Gasteiger partial charge in [-0.2, -0.15) is 0 Å². The number of rotatable bonds is 8. The van der Waals surface area contributed by atoms with Gasteiger partial charge in [-0.3, -0.25) is 4.79 Å². The van der Waals surface area contributed by atoms with Gasteiger partial charge in [0.05, 0.1) is 11.9 Å². The smallest absolute Gasteiger partial charge is 0.312 e. The summed E-state index contributed by atoms with van der Waals surface area (Å²) in [7, 11) is 0. The summed E-state index contributed by atoms with van der Waals surface area (Å²) < 4.78 is 0. The van der Waals surface area contributed by atoms with E-state index in [1.807, 2.05) is 12.1 Å². The van der Waals surface area contributed by atoms with Gasteiger partial charge in [0.2, 0.25) is 5.91 Å². The molecule has 1 aromatic rings. The van der Waals surface area contributed by atoms with Crippen LogP contribution in [0.1, 0.15) is 44.9 Å². The number of urea groups is 1. The molecule has 0 atom stereocenters. The highest BCUT2D eigenvalue weighted by Gasteiger charge is 2.12. The highest BCUT2D eigenvalue weighted by atomic mass is 16.2. The third-order valence-corrected chi connectivity index (χ3v) is 4.09. The lowest BCUT2D eigenvalue weighted by Crippen LogP contribution is -2.30. The Morgan fingerprint density at radius 2 is 1.92 bits per heavy atom. The molecule has 1 aromatic heterocycles. The van der Waals surface area contributed by atoms with Gasteiger partial charge in [-0.1, -0.05) is 6.42 Å². The van der Waals surface area contributed by atoms with E-state index in [4.69, 9.17) is 5.73 Å². The van der Waals surface area contributed by atoms with Crippen LogP contribution in [0.2, 0.25) is 0 Å². The van der Waals surface area contributed by atoms with Crippen LogP contribution in [0, 0.1) is 0 Å². The Morgan fingerprint density at radius 1 is 1.12 bits per heavy atom. The Morgan fingerprint density at radius 3 is 2.58 bits per heavy atom. The van der Waals surface area contributed by atoms with E-state index in [0.29, 0.717) is 13.0 Å². The number of nitrogens with two attached hydrogens (primary N) is 1. The van der Waals surface area contributed by atoms with E-state index >= 15 is 0 Å². The van der Waals surface area contributed by atoms with Crippen molar-refractivity contribution >= 4 is 23.4 Å². The van der Waals surface area contributed by atoms with Gasteiger partial charge in [-0.05, 0) is 44.2 Å². The SMILES string of the molecule is NC(=O)NCCCCCC(=O)Nc1ccc(N2CCCCC2)nc1. The maximum Gasteiger partial charge on any atom is 0.312 e. The number of nitrogens with one attached hydrogen (secondary N) is 2. The summed E-state index contributed by atoms with van der Waals surface area (Å²) in [4.78, 5) is 29.1. The highest BCUT2D eigenvalue weighted by molar-refractivity contribution is 5.90. The molecule has 7 nitrogen and oxygen atoms in total. The standard InChI is InChI=1S/C17H27N5O2/c18-17(24)19-10-4-1-3-7-16(23)21-14-8-9-15(20-13-14)22-11-5-2-6-12-22/h8-9,13H,1-7,10-12H2,(H,21,23)(H3,18,19,24). The number of nitrogens with zero attached hydrogens (tertiary/aromatic N) is 2. The van der Waals surface area contributed by atoms with Gasteiger partial charge in [0, 0.05) is 26.1 Å². The van der Waals surface area contributed by atoms with Crippen LogP contribution in [-0.4, -0.2) is 36.6 Å². The summed E-state index contributed by atoms with van der Waals surface area (Å²) in [5, 5.41) is 5.40. The van der Waals surface area contributed by atoms with Crippen LogP contribution in [0.15, 0.2) is 18.3 Å². The van der Waals surface area contributed by atoms with Gasteiger partial charge in [0.15, 0.2) is 0 Å². The Bertz CT molecular complexity index is 526. The summed E-state index contributed by atoms with van der Waals surface area (Å²) in [6, 6.07) is 3.37. The van der Waals surface area contributed by atoms with Crippen molar-refractivity contribution in [1.29, 1.82) is 0 Å². The first-order valence-corrected chi connectivity index (χ1v) is 8.69. The van der Waals surface area contributed by atoms with E-state index < -0.39 is 6.03 Å². The van der Waals surface area contributed by atoms with Crippen LogP contribution >= 0.6 is 0 Å². The molecule has 1 aliphatic heterocycles. The van der Waals surface area contributed by atoms with E-state index in [1.54, 1.807) is 6.20 Å². The average molecular weight is 333 g/mol. The largest absolute Gasteiger partial charge is 0.357 e. The molecule has 2 heterocycles. The van der Waals surface area contributed by atoms with Crippen molar-refractivity contribution in [3.8, 4) is 0 Å². The van der Waals surface area contributed by atoms with E-state index in [0.717, 1.165) is 43.9 Å². The molecule has 132 valence electrons. The van der Waals surface area contributed by atoms with E-state index in [1.165, 1.54) is 19.3 Å². The number of carbonyl (C=O) groups is 2. The third-order valence-electron chi connectivity index (χ3n) is 4.09. The predicted octanol–water partition coefficient (Wildman–Crippen LogP) is 2.24. The molecule has 0 aliphatic carbocycles. The zero-order valence-corrected chi connectivity index (χ0v) is 14.1. The summed E-state index contributed by atoms with van der Waals surface area (Å²) in [5.74, 6) is 0.972. The number of hydrogen-bond acceptors (Lipinski definition) is 4. The normalized spacial score (nSPS) is 14.2. The first kappa shape index (κ1) is 18.0. The average Bonchev–Trinajstić information content (AvgIpc) is 2.59. The first-order chi connectivity index (χ1) is 11.6. The number of primary amides is 1. The van der Waals surface area contributed by atoms with E-state index in [9.17, 15) is 9.59 Å². The number of amides is 3. The first-order valence-electron chi connectivity index (χ1n) is 8.69. The molecule has 0 unspecified atom stereocenters. The van der Waals surface area contributed by atoms with Crippen molar-refractivity contribution in [2.45, 2.75) is 44.9 Å². The zero-order valence-electron chi connectivity index (χ0n) is 14.1. The van der Waals surface area contributed by atoms with Crippen molar-refractivity contribution < 1.29 is 9.59 Å². The molecule has 0 radical (unpaired) electrons. The lowest BCUT2D eigenvalue weighted by atomic mass is 10.1. The molecule has 0 saturated carbocycles. The van der Waals surface area contributed by atoms with Gasteiger partial charge >= 0.3 is 6.03 Å². The number of carbonyl (C=O) groups excluding carboxylic acids is 2. The number of aromatic nitrogens is 1. The Kier molecular flexibility index (Phi) is 7.32. The van der Waals surface area contributed by atoms with Gasteiger partial charge in [0.1, 0.15) is 5.82 Å². The highest BCUT2D eigenvalue weighted by Crippen LogP contribution is 2.19. The second kappa shape index (κ2) is 9.75. The molecule has 0 spiro atoms. The van der Waals surface area contributed by atoms with Gasteiger partial charge in [0.25, 0.3) is 0 Å². The van der Waals surface area contributed by atoms with Crippen LogP contribution in [0.4, 0.5) is 16.3 Å². The maximum atomic E-state index is 11.9. The van der Waals surface area contributed by atoms with Crippen LogP contribution in [0.3, 0.4) is 0 Å². The second-order valence-electron chi connectivity index (χ2n) is 6.10. The zero-order chi connectivity index (χ0) is 17.2. The topological polar surface area (TPSA) is 100 Å². The fourth-order valence-electron chi connectivity index (χ4n) is 2.79. The molecule has 24 heavy (non-hydrogen) atoms. The van der Waals surface area contributed by atoms with Crippen LogP contribution in [0.25, 0.3) is 0 Å². The molecule has 2 rings (SSSR count). The molecule has 0 bridgehead atoms. The molecular formula is C17H27N5O2. The monoisotopic (exact) mass is 333 g/mol. The van der Waals surface area contributed by atoms with Crippen molar-refractivity contribution in [3.63, 3.8) is 0 Å². The lowest BCUT2D eigenvalue weighted by Gasteiger charge is -2.27. The number of unbranched alkanes of at least 4 members (excludes halogenated alkanes) is 2. The van der Waals surface area contributed by atoms with Crippen molar-refractivity contribution in [2.24, 2.45) is 5.73 Å². The van der Waals surface area contributed by atoms with E-state index in [2.05, 4.69) is 20.5 Å². The maximum absolute atomic E-state index is 11.9. The van der Waals surface area contributed by atoms with Gasteiger partial charge < -0.3 is 21.3 Å². The fourth-order valence-corrected chi connectivity index (χ4v) is 2.79. The van der Waals surface area contributed by atoms with Crippen LogP contribution in [0.5, 0.6) is 0 Å². The van der Waals surface area contributed by atoms with Crippen molar-refractivity contribution in [1.82, 2.24) is 10.3 Å². The summed E-state index contributed by atoms with van der Waals surface area (Å²) in [6.07, 6.45) is 8.39. The molecule has 7 heteroatoms. The third kappa shape index (κ3) is 6.44. The molecule has 0 aromatic carbocycles. The van der Waals surface area contributed by atoms with E-state index in [-0.39, 0.29) is 5.91 Å². The molecular weight excluding hydrogens is 306 g/mol. The van der Waals surface area contributed by atoms with Crippen LogP contribution in [-0.2, 0) is 4.79 Å². The summed E-state index contributed by atoms with van der Waals surface area (Å²) >= 11 is 0. The second-order valence-corrected chi connectivity index (χ2v) is 6.10. The predicted molar refractivity (Wildman–Crippen MR) is 95.0 cm³/mol. The van der Waals surface area contributed by atoms with Crippen molar-refractivity contribution in [3.05, 3.63) is 18.3 Å². The minimum atomic E-state index is -0.506. The number of anilines is 2. The molecule has 1 aliphatic rings. The Labute approximate surface area is 143 Å². The molecule has 3 amide bonds. The number of hydrogen-bond donors (Lipinski definition) is 3. The number of pyridine rings is 1. The molecule has 4 N–H and O–H groups in total. The van der Waals surface area contributed by atoms with Gasteiger partial charge in [-0.25, -0.2) is 9.78 Å². The fraction of sp³-hybridized carbons (Fsp3) is 0.588. The Hall–Kier alpha value is -2.31. The molecule has 1 saturated heterocycles. The van der Waals surface area contributed by atoms with Gasteiger partial charge in [-0.15, -0.1) is 0 Å². The molecule has 1 fully saturated rings. The summed E-state index contributed by atoms with van der Waals surface area (Å²) in [5.41, 5.74) is 5.71. The van der Waals surface area contributed by atoms with Crippen molar-refractivity contribution in [2.75, 3.05) is 29.9 Å². The minimum Gasteiger partial charge on any atom is -0.357 e. The lowest BCUT2D eigenvalue weighted by molar-refractivity contribution is -0.116. The Balaban J connectivity index is 1.65.